The molecular formula is C8H11N3. The molecule has 3 nitrogen and oxygen atoms in total. The van der Waals surface area contributed by atoms with Crippen molar-refractivity contribution in [1.82, 2.24) is 14.8 Å². The average molecular weight is 149 g/mol. The number of aromatic nitrogens is 3. The Hall–Kier alpha value is -1.38. The van der Waals surface area contributed by atoms with E-state index in [0.29, 0.717) is 0 Å². The summed E-state index contributed by atoms with van der Waals surface area (Å²) < 4.78 is 1.70. The van der Waals surface area contributed by atoms with Crippen LogP contribution in [0.25, 0.3) is 12.3 Å². The molecular weight excluding hydrogens is 138 g/mol. The topological polar surface area (TPSA) is 30.7 Å². The molecule has 3 heteroatoms. The van der Waals surface area contributed by atoms with E-state index in [1.807, 2.05) is 20.0 Å². The van der Waals surface area contributed by atoms with Crippen LogP contribution in [-0.4, -0.2) is 14.8 Å². The minimum Gasteiger partial charge on any atom is -0.221 e. The fourth-order valence-corrected chi connectivity index (χ4v) is 0.749. The van der Waals surface area contributed by atoms with Gasteiger partial charge in [-0.1, -0.05) is 12.2 Å². The van der Waals surface area contributed by atoms with Crippen LogP contribution < -0.4 is 0 Å². The first-order valence-corrected chi connectivity index (χ1v) is 3.41. The predicted molar refractivity (Wildman–Crippen MR) is 45.7 cm³/mol. The fraction of sp³-hybridized carbons (Fsp3) is 0.250. The second-order valence-corrected chi connectivity index (χ2v) is 2.47. The highest BCUT2D eigenvalue weighted by Gasteiger charge is 1.94. The molecule has 1 aromatic rings. The molecule has 1 rings (SSSR count). The van der Waals surface area contributed by atoms with Crippen molar-refractivity contribution < 1.29 is 0 Å². The van der Waals surface area contributed by atoms with Gasteiger partial charge in [-0.05, 0) is 19.9 Å². The number of nitrogens with zero attached hydrogens (tertiary/aromatic N) is 3. The van der Waals surface area contributed by atoms with Gasteiger partial charge in [-0.2, -0.15) is 5.10 Å². The standard InChI is InChI=1S/C8H11N3/c1-4-8-9-6-10-11(8)5-7(2)3/h4-6H,1H2,2-3H3. The molecule has 58 valence electrons. The summed E-state index contributed by atoms with van der Waals surface area (Å²) in [4.78, 5) is 3.98. The van der Waals surface area contributed by atoms with E-state index < -0.39 is 0 Å². The Morgan fingerprint density at radius 1 is 1.64 bits per heavy atom. The molecule has 0 aliphatic carbocycles. The molecule has 0 N–H and O–H groups in total. The third kappa shape index (κ3) is 1.77. The second-order valence-electron chi connectivity index (χ2n) is 2.47. The summed E-state index contributed by atoms with van der Waals surface area (Å²) in [6.45, 7) is 7.64. The molecule has 0 unspecified atom stereocenters. The van der Waals surface area contributed by atoms with Crippen molar-refractivity contribution in [3.05, 3.63) is 24.3 Å². The highest BCUT2D eigenvalue weighted by atomic mass is 15.3. The van der Waals surface area contributed by atoms with Gasteiger partial charge in [0.15, 0.2) is 5.82 Å². The van der Waals surface area contributed by atoms with Gasteiger partial charge in [0.05, 0.1) is 0 Å². The Bertz CT molecular complexity index is 279. The molecule has 0 fully saturated rings. The smallest absolute Gasteiger partial charge is 0.154 e. The largest absolute Gasteiger partial charge is 0.221 e. The summed E-state index contributed by atoms with van der Waals surface area (Å²) >= 11 is 0. The van der Waals surface area contributed by atoms with Gasteiger partial charge in [-0.25, -0.2) is 9.67 Å². The first-order valence-electron chi connectivity index (χ1n) is 3.41. The van der Waals surface area contributed by atoms with Crippen LogP contribution in [0.4, 0.5) is 0 Å². The van der Waals surface area contributed by atoms with Gasteiger partial charge < -0.3 is 0 Å². The van der Waals surface area contributed by atoms with Crippen LogP contribution >= 0.6 is 0 Å². The second kappa shape index (κ2) is 3.14. The summed E-state index contributed by atoms with van der Waals surface area (Å²) in [5.41, 5.74) is 1.18. The van der Waals surface area contributed by atoms with Crippen molar-refractivity contribution in [2.75, 3.05) is 0 Å². The number of hydrogen-bond donors (Lipinski definition) is 0. The summed E-state index contributed by atoms with van der Waals surface area (Å²) in [7, 11) is 0. The van der Waals surface area contributed by atoms with Gasteiger partial charge in [0.2, 0.25) is 0 Å². The molecule has 11 heavy (non-hydrogen) atoms. The molecule has 1 aromatic heterocycles. The Morgan fingerprint density at radius 2 is 2.36 bits per heavy atom. The van der Waals surface area contributed by atoms with E-state index in [1.165, 1.54) is 11.9 Å². The number of rotatable bonds is 2. The van der Waals surface area contributed by atoms with E-state index in [2.05, 4.69) is 16.7 Å². The molecule has 0 atom stereocenters. The van der Waals surface area contributed by atoms with E-state index in [4.69, 9.17) is 0 Å². The summed E-state index contributed by atoms with van der Waals surface area (Å²) in [5.74, 6) is 0.770. The van der Waals surface area contributed by atoms with Crippen molar-refractivity contribution in [3.63, 3.8) is 0 Å². The van der Waals surface area contributed by atoms with Crippen molar-refractivity contribution in [1.29, 1.82) is 0 Å². The highest BCUT2D eigenvalue weighted by molar-refractivity contribution is 5.41. The third-order valence-corrected chi connectivity index (χ3v) is 1.16. The molecule has 0 aromatic carbocycles. The number of hydrogen-bond acceptors (Lipinski definition) is 2. The summed E-state index contributed by atoms with van der Waals surface area (Å²) in [6.07, 6.45) is 5.09. The lowest BCUT2D eigenvalue weighted by Gasteiger charge is -1.94. The van der Waals surface area contributed by atoms with Crippen molar-refractivity contribution in [2.45, 2.75) is 13.8 Å². The van der Waals surface area contributed by atoms with Crippen LogP contribution in [0.5, 0.6) is 0 Å². The summed E-state index contributed by atoms with van der Waals surface area (Å²) in [5, 5.41) is 3.99. The summed E-state index contributed by atoms with van der Waals surface area (Å²) in [6, 6.07) is 0. The Balaban J connectivity index is 3.03. The van der Waals surface area contributed by atoms with E-state index in [9.17, 15) is 0 Å². The van der Waals surface area contributed by atoms with Crippen molar-refractivity contribution in [2.24, 2.45) is 0 Å². The minimum absolute atomic E-state index is 0.770. The lowest BCUT2D eigenvalue weighted by Crippen LogP contribution is -1.92. The van der Waals surface area contributed by atoms with Gasteiger partial charge in [0, 0.05) is 6.20 Å². The van der Waals surface area contributed by atoms with E-state index in [1.54, 1.807) is 10.8 Å². The normalized spacial score (nSPS) is 9.27. The molecule has 0 amide bonds. The molecule has 0 spiro atoms. The molecule has 0 saturated carbocycles. The molecule has 0 radical (unpaired) electrons. The third-order valence-electron chi connectivity index (χ3n) is 1.16. The molecule has 0 bridgehead atoms. The van der Waals surface area contributed by atoms with Gasteiger partial charge >= 0.3 is 0 Å². The zero-order valence-electron chi connectivity index (χ0n) is 6.78. The van der Waals surface area contributed by atoms with Crippen LogP contribution in [0.15, 0.2) is 18.5 Å². The van der Waals surface area contributed by atoms with Crippen LogP contribution in [0, 0.1) is 0 Å². The lowest BCUT2D eigenvalue weighted by molar-refractivity contribution is 0.915. The first kappa shape index (κ1) is 7.72. The quantitative estimate of drug-likeness (QED) is 0.642. The molecule has 0 aliphatic rings. The van der Waals surface area contributed by atoms with Gasteiger partial charge in [-0.3, -0.25) is 0 Å². The van der Waals surface area contributed by atoms with Crippen molar-refractivity contribution >= 4 is 12.3 Å². The Morgan fingerprint density at radius 3 is 2.91 bits per heavy atom. The van der Waals surface area contributed by atoms with E-state index in [0.717, 1.165) is 5.82 Å². The average Bonchev–Trinajstić information content (AvgIpc) is 2.34. The van der Waals surface area contributed by atoms with E-state index >= 15 is 0 Å². The minimum atomic E-state index is 0.770. The Labute approximate surface area is 66.1 Å². The molecule has 0 saturated heterocycles. The van der Waals surface area contributed by atoms with Crippen LogP contribution in [0.2, 0.25) is 0 Å². The number of allylic oxidation sites excluding steroid dienone is 1. The zero-order valence-corrected chi connectivity index (χ0v) is 6.78. The van der Waals surface area contributed by atoms with Crippen LogP contribution in [-0.2, 0) is 0 Å². The monoisotopic (exact) mass is 149 g/mol. The molecule has 1 heterocycles. The van der Waals surface area contributed by atoms with E-state index in [-0.39, 0.29) is 0 Å². The Kier molecular flexibility index (Phi) is 2.21. The van der Waals surface area contributed by atoms with Gasteiger partial charge in [0.25, 0.3) is 0 Å². The highest BCUT2D eigenvalue weighted by Crippen LogP contribution is 1.99. The van der Waals surface area contributed by atoms with Crippen molar-refractivity contribution in [3.8, 4) is 0 Å². The maximum absolute atomic E-state index is 3.99. The van der Waals surface area contributed by atoms with Gasteiger partial charge in [0.1, 0.15) is 6.33 Å². The zero-order chi connectivity index (χ0) is 8.27. The van der Waals surface area contributed by atoms with Gasteiger partial charge in [-0.15, -0.1) is 0 Å². The maximum Gasteiger partial charge on any atom is 0.154 e. The first-order chi connectivity index (χ1) is 5.24. The lowest BCUT2D eigenvalue weighted by atomic mass is 10.4. The predicted octanol–water partition coefficient (Wildman–Crippen LogP) is 1.80. The van der Waals surface area contributed by atoms with Crippen LogP contribution in [0.1, 0.15) is 19.7 Å². The maximum atomic E-state index is 3.99. The fourth-order valence-electron chi connectivity index (χ4n) is 0.749. The van der Waals surface area contributed by atoms with Crippen LogP contribution in [0.3, 0.4) is 0 Å². The SMILES string of the molecule is C=Cc1ncnn1C=C(C)C. The molecule has 0 aliphatic heterocycles.